The Morgan fingerprint density at radius 1 is 1.32 bits per heavy atom. The lowest BCUT2D eigenvalue weighted by atomic mass is 10.1. The topological polar surface area (TPSA) is 75.6 Å². The smallest absolute Gasteiger partial charge is 0.410 e. The summed E-state index contributed by atoms with van der Waals surface area (Å²) in [7, 11) is 1.68. The molecule has 2 amide bonds. The molecule has 22 heavy (non-hydrogen) atoms. The Morgan fingerprint density at radius 2 is 1.95 bits per heavy atom. The van der Waals surface area contributed by atoms with Crippen LogP contribution in [0.2, 0.25) is 5.15 Å². The van der Waals surface area contributed by atoms with Gasteiger partial charge in [-0.1, -0.05) is 11.6 Å². The Labute approximate surface area is 134 Å². The SMILES string of the molecule is CN(C(=O)c1cnc(Cl)cn1)C1CN(C(=O)OC(C)(C)C)C1. The van der Waals surface area contributed by atoms with Gasteiger partial charge in [-0.05, 0) is 20.8 Å². The Bertz CT molecular complexity index is 564. The van der Waals surface area contributed by atoms with Crippen LogP contribution in [0.3, 0.4) is 0 Å². The van der Waals surface area contributed by atoms with Gasteiger partial charge >= 0.3 is 6.09 Å². The van der Waals surface area contributed by atoms with Crippen molar-refractivity contribution in [3.8, 4) is 0 Å². The number of hydrogen-bond donors (Lipinski definition) is 0. The number of likely N-dealkylation sites (N-methyl/N-ethyl adjacent to an activating group) is 1. The van der Waals surface area contributed by atoms with Gasteiger partial charge in [0, 0.05) is 20.1 Å². The van der Waals surface area contributed by atoms with Gasteiger partial charge in [0.1, 0.15) is 16.4 Å². The lowest BCUT2D eigenvalue weighted by Gasteiger charge is -2.43. The van der Waals surface area contributed by atoms with Crippen molar-refractivity contribution in [2.75, 3.05) is 20.1 Å². The van der Waals surface area contributed by atoms with Crippen LogP contribution in [0.25, 0.3) is 0 Å². The van der Waals surface area contributed by atoms with Gasteiger partial charge in [-0.3, -0.25) is 4.79 Å². The molecule has 2 heterocycles. The van der Waals surface area contributed by atoms with E-state index in [1.54, 1.807) is 16.8 Å². The highest BCUT2D eigenvalue weighted by Gasteiger charge is 2.37. The quantitative estimate of drug-likeness (QED) is 0.828. The minimum absolute atomic E-state index is 0.0579. The largest absolute Gasteiger partial charge is 0.444 e. The fourth-order valence-corrected chi connectivity index (χ4v) is 2.04. The number of carbonyl (C=O) groups is 2. The summed E-state index contributed by atoms with van der Waals surface area (Å²) in [4.78, 5) is 35.0. The molecule has 1 aliphatic rings. The zero-order valence-corrected chi connectivity index (χ0v) is 13.8. The summed E-state index contributed by atoms with van der Waals surface area (Å²) in [5.74, 6) is -0.252. The normalized spacial score (nSPS) is 15.2. The van der Waals surface area contributed by atoms with Crippen LogP contribution < -0.4 is 0 Å². The molecule has 1 aliphatic heterocycles. The summed E-state index contributed by atoms with van der Waals surface area (Å²) in [6.07, 6.45) is 2.30. The van der Waals surface area contributed by atoms with Crippen LogP contribution in [0.4, 0.5) is 4.79 Å². The predicted molar refractivity (Wildman–Crippen MR) is 80.7 cm³/mol. The second-order valence-corrected chi connectivity index (χ2v) is 6.57. The van der Waals surface area contributed by atoms with E-state index in [1.807, 2.05) is 20.8 Å². The third kappa shape index (κ3) is 3.85. The third-order valence-electron chi connectivity index (χ3n) is 3.22. The summed E-state index contributed by atoms with van der Waals surface area (Å²) < 4.78 is 5.27. The summed E-state index contributed by atoms with van der Waals surface area (Å²) >= 11 is 5.65. The molecule has 7 nitrogen and oxygen atoms in total. The van der Waals surface area contributed by atoms with E-state index in [1.165, 1.54) is 12.4 Å². The molecule has 0 spiro atoms. The van der Waals surface area contributed by atoms with Crippen LogP contribution in [0.1, 0.15) is 31.3 Å². The number of ether oxygens (including phenoxy) is 1. The molecule has 120 valence electrons. The standard InChI is InChI=1S/C14H19ClN4O3/c1-14(2,3)22-13(21)19-7-9(8-19)18(4)12(20)10-5-17-11(15)6-16-10/h5-6,9H,7-8H2,1-4H3. The first-order valence-corrected chi connectivity index (χ1v) is 7.28. The number of hydrogen-bond acceptors (Lipinski definition) is 5. The first-order valence-electron chi connectivity index (χ1n) is 6.90. The van der Waals surface area contributed by atoms with E-state index in [4.69, 9.17) is 16.3 Å². The highest BCUT2D eigenvalue weighted by molar-refractivity contribution is 6.29. The van der Waals surface area contributed by atoms with Crippen molar-refractivity contribution in [2.45, 2.75) is 32.4 Å². The number of amides is 2. The lowest BCUT2D eigenvalue weighted by molar-refractivity contribution is -0.00916. The Kier molecular flexibility index (Phi) is 4.55. The second-order valence-electron chi connectivity index (χ2n) is 6.18. The average Bonchev–Trinajstić information content (AvgIpc) is 2.34. The van der Waals surface area contributed by atoms with Crippen molar-refractivity contribution >= 4 is 23.6 Å². The van der Waals surface area contributed by atoms with E-state index < -0.39 is 5.60 Å². The van der Waals surface area contributed by atoms with Crippen molar-refractivity contribution in [1.29, 1.82) is 0 Å². The molecule has 1 aromatic heterocycles. The van der Waals surface area contributed by atoms with Crippen LogP contribution in [0, 0.1) is 0 Å². The molecule has 1 saturated heterocycles. The second kappa shape index (κ2) is 6.08. The summed E-state index contributed by atoms with van der Waals surface area (Å²) in [6.45, 7) is 6.33. The maximum atomic E-state index is 12.2. The molecular formula is C14H19ClN4O3. The predicted octanol–water partition coefficient (Wildman–Crippen LogP) is 1.82. The van der Waals surface area contributed by atoms with Gasteiger partial charge in [-0.25, -0.2) is 14.8 Å². The Morgan fingerprint density at radius 3 is 2.45 bits per heavy atom. The van der Waals surface area contributed by atoms with Gasteiger partial charge in [-0.15, -0.1) is 0 Å². The number of rotatable bonds is 2. The minimum Gasteiger partial charge on any atom is -0.444 e. The molecule has 0 radical (unpaired) electrons. The molecular weight excluding hydrogens is 308 g/mol. The monoisotopic (exact) mass is 326 g/mol. The zero-order chi connectivity index (χ0) is 16.5. The first-order chi connectivity index (χ1) is 10.2. The maximum Gasteiger partial charge on any atom is 0.410 e. The van der Waals surface area contributed by atoms with Crippen molar-refractivity contribution in [3.05, 3.63) is 23.2 Å². The molecule has 0 bridgehead atoms. The highest BCUT2D eigenvalue weighted by atomic mass is 35.5. The molecule has 8 heteroatoms. The number of halogens is 1. The van der Waals surface area contributed by atoms with Crippen molar-refractivity contribution in [2.24, 2.45) is 0 Å². The molecule has 0 aliphatic carbocycles. The van der Waals surface area contributed by atoms with Gasteiger partial charge in [0.2, 0.25) is 0 Å². The Hall–Kier alpha value is -1.89. The molecule has 0 atom stereocenters. The van der Waals surface area contributed by atoms with Crippen LogP contribution in [-0.4, -0.2) is 63.5 Å². The van der Waals surface area contributed by atoms with Crippen LogP contribution >= 0.6 is 11.6 Å². The van der Waals surface area contributed by atoms with Gasteiger partial charge in [0.05, 0.1) is 18.4 Å². The zero-order valence-electron chi connectivity index (χ0n) is 13.0. The minimum atomic E-state index is -0.525. The molecule has 1 fully saturated rings. The third-order valence-corrected chi connectivity index (χ3v) is 3.42. The number of likely N-dealkylation sites (tertiary alicyclic amines) is 1. The van der Waals surface area contributed by atoms with E-state index in [9.17, 15) is 9.59 Å². The molecule has 0 saturated carbocycles. The molecule has 2 rings (SSSR count). The van der Waals surface area contributed by atoms with Crippen molar-refractivity contribution in [1.82, 2.24) is 19.8 Å². The summed E-state index contributed by atoms with van der Waals surface area (Å²) in [5, 5.41) is 0.235. The van der Waals surface area contributed by atoms with Crippen LogP contribution in [0.15, 0.2) is 12.4 Å². The summed E-state index contributed by atoms with van der Waals surface area (Å²) in [5.41, 5.74) is -0.300. The van der Waals surface area contributed by atoms with E-state index in [0.717, 1.165) is 0 Å². The van der Waals surface area contributed by atoms with E-state index >= 15 is 0 Å². The van der Waals surface area contributed by atoms with E-state index in [0.29, 0.717) is 13.1 Å². The van der Waals surface area contributed by atoms with Gasteiger partial charge in [-0.2, -0.15) is 0 Å². The van der Waals surface area contributed by atoms with Gasteiger partial charge in [0.15, 0.2) is 0 Å². The molecule has 0 aromatic carbocycles. The Balaban J connectivity index is 1.88. The van der Waals surface area contributed by atoms with Crippen LogP contribution in [0.5, 0.6) is 0 Å². The lowest BCUT2D eigenvalue weighted by Crippen LogP contribution is -2.61. The van der Waals surface area contributed by atoms with Crippen molar-refractivity contribution in [3.63, 3.8) is 0 Å². The fraction of sp³-hybridized carbons (Fsp3) is 0.571. The average molecular weight is 327 g/mol. The maximum absolute atomic E-state index is 12.2. The molecule has 0 unspecified atom stereocenters. The molecule has 0 N–H and O–H groups in total. The van der Waals surface area contributed by atoms with Crippen LogP contribution in [-0.2, 0) is 4.74 Å². The fourth-order valence-electron chi connectivity index (χ4n) is 1.95. The summed E-state index contributed by atoms with van der Waals surface area (Å²) in [6, 6.07) is -0.0579. The number of nitrogens with zero attached hydrogens (tertiary/aromatic N) is 4. The van der Waals surface area contributed by atoms with Gasteiger partial charge in [0.25, 0.3) is 5.91 Å². The van der Waals surface area contributed by atoms with E-state index in [-0.39, 0.29) is 28.9 Å². The number of aromatic nitrogens is 2. The molecule has 1 aromatic rings. The van der Waals surface area contributed by atoms with E-state index in [2.05, 4.69) is 9.97 Å². The van der Waals surface area contributed by atoms with Crippen molar-refractivity contribution < 1.29 is 14.3 Å². The van der Waals surface area contributed by atoms with Gasteiger partial charge < -0.3 is 14.5 Å². The highest BCUT2D eigenvalue weighted by Crippen LogP contribution is 2.19. The first kappa shape index (κ1) is 16.5. The number of carbonyl (C=O) groups excluding carboxylic acids is 2.